The van der Waals surface area contributed by atoms with Crippen molar-refractivity contribution in [2.24, 2.45) is 0 Å². The van der Waals surface area contributed by atoms with E-state index in [0.717, 1.165) is 0 Å². The number of anilines is 1. The Labute approximate surface area is 126 Å². The number of nitrogens with zero attached hydrogens (tertiary/aromatic N) is 3. The van der Waals surface area contributed by atoms with Crippen LogP contribution in [0.2, 0.25) is 5.02 Å². The SMILES string of the molecule is O=S(=O)(Cc1ccc(Cl)cc1)Nc1cccn2ncnc12. The third-order valence-electron chi connectivity index (χ3n) is 2.84. The number of rotatable bonds is 4. The zero-order valence-electron chi connectivity index (χ0n) is 10.8. The van der Waals surface area contributed by atoms with E-state index in [0.29, 0.717) is 21.9 Å². The first-order chi connectivity index (χ1) is 10.0. The molecule has 0 bridgehead atoms. The summed E-state index contributed by atoms with van der Waals surface area (Å²) in [7, 11) is -3.54. The van der Waals surface area contributed by atoms with E-state index >= 15 is 0 Å². The molecule has 21 heavy (non-hydrogen) atoms. The maximum atomic E-state index is 12.2. The van der Waals surface area contributed by atoms with Crippen molar-refractivity contribution in [2.75, 3.05) is 4.72 Å². The molecule has 8 heteroatoms. The van der Waals surface area contributed by atoms with E-state index in [1.165, 1.54) is 10.8 Å². The molecule has 0 radical (unpaired) electrons. The molecule has 0 aliphatic rings. The average molecular weight is 323 g/mol. The monoisotopic (exact) mass is 322 g/mol. The number of benzene rings is 1. The van der Waals surface area contributed by atoms with Crippen LogP contribution in [0.15, 0.2) is 48.9 Å². The third-order valence-corrected chi connectivity index (χ3v) is 4.34. The Balaban J connectivity index is 1.86. The summed E-state index contributed by atoms with van der Waals surface area (Å²) in [4.78, 5) is 4.03. The van der Waals surface area contributed by atoms with E-state index in [1.54, 1.807) is 42.6 Å². The molecule has 2 aromatic heterocycles. The zero-order valence-corrected chi connectivity index (χ0v) is 12.3. The summed E-state index contributed by atoms with van der Waals surface area (Å²) in [5.74, 6) is -0.140. The van der Waals surface area contributed by atoms with Crippen molar-refractivity contribution in [3.05, 3.63) is 59.5 Å². The summed E-state index contributed by atoms with van der Waals surface area (Å²) >= 11 is 5.78. The van der Waals surface area contributed by atoms with E-state index in [-0.39, 0.29) is 5.75 Å². The molecule has 0 amide bonds. The highest BCUT2D eigenvalue weighted by Crippen LogP contribution is 2.18. The Kier molecular flexibility index (Phi) is 3.52. The Hall–Kier alpha value is -2.12. The zero-order chi connectivity index (χ0) is 14.9. The van der Waals surface area contributed by atoms with E-state index in [1.807, 2.05) is 0 Å². The summed E-state index contributed by atoms with van der Waals surface area (Å²) in [6.45, 7) is 0. The van der Waals surface area contributed by atoms with Crippen LogP contribution in [0.4, 0.5) is 5.69 Å². The van der Waals surface area contributed by atoms with Gasteiger partial charge in [-0.1, -0.05) is 23.7 Å². The molecule has 0 spiro atoms. The fourth-order valence-corrected chi connectivity index (χ4v) is 3.25. The molecule has 0 atom stereocenters. The molecule has 1 N–H and O–H groups in total. The second kappa shape index (κ2) is 5.34. The van der Waals surface area contributed by atoms with Crippen molar-refractivity contribution in [1.29, 1.82) is 0 Å². The van der Waals surface area contributed by atoms with Crippen LogP contribution in [-0.2, 0) is 15.8 Å². The van der Waals surface area contributed by atoms with Crippen molar-refractivity contribution in [3.8, 4) is 0 Å². The lowest BCUT2D eigenvalue weighted by Gasteiger charge is -2.08. The predicted octanol–water partition coefficient (Wildman–Crippen LogP) is 2.32. The highest BCUT2D eigenvalue weighted by atomic mass is 35.5. The number of sulfonamides is 1. The van der Waals surface area contributed by atoms with Gasteiger partial charge in [-0.15, -0.1) is 0 Å². The van der Waals surface area contributed by atoms with Gasteiger partial charge in [-0.05, 0) is 29.8 Å². The van der Waals surface area contributed by atoms with Crippen LogP contribution < -0.4 is 4.72 Å². The normalized spacial score (nSPS) is 11.7. The van der Waals surface area contributed by atoms with Crippen LogP contribution in [0.3, 0.4) is 0 Å². The number of fused-ring (bicyclic) bond motifs is 1. The van der Waals surface area contributed by atoms with Crippen LogP contribution in [0.5, 0.6) is 0 Å². The van der Waals surface area contributed by atoms with Crippen molar-refractivity contribution >= 4 is 33.0 Å². The lowest BCUT2D eigenvalue weighted by Crippen LogP contribution is -2.15. The van der Waals surface area contributed by atoms with Gasteiger partial charge in [0.1, 0.15) is 6.33 Å². The van der Waals surface area contributed by atoms with Gasteiger partial charge in [0, 0.05) is 11.2 Å². The van der Waals surface area contributed by atoms with E-state index in [2.05, 4.69) is 14.8 Å². The smallest absolute Gasteiger partial charge is 0.237 e. The van der Waals surface area contributed by atoms with Crippen LogP contribution in [-0.4, -0.2) is 23.0 Å². The Morgan fingerprint density at radius 3 is 2.71 bits per heavy atom. The van der Waals surface area contributed by atoms with Gasteiger partial charge in [0.2, 0.25) is 10.0 Å². The Morgan fingerprint density at radius 1 is 1.19 bits per heavy atom. The summed E-state index contributed by atoms with van der Waals surface area (Å²) in [5.41, 5.74) is 1.50. The van der Waals surface area contributed by atoms with Crippen molar-refractivity contribution in [3.63, 3.8) is 0 Å². The first kappa shape index (κ1) is 13.8. The van der Waals surface area contributed by atoms with Crippen molar-refractivity contribution in [1.82, 2.24) is 14.6 Å². The molecular weight excluding hydrogens is 312 g/mol. The van der Waals surface area contributed by atoms with Gasteiger partial charge in [-0.2, -0.15) is 5.10 Å². The van der Waals surface area contributed by atoms with E-state index < -0.39 is 10.0 Å². The fraction of sp³-hybridized carbons (Fsp3) is 0.0769. The van der Waals surface area contributed by atoms with E-state index in [9.17, 15) is 8.42 Å². The number of nitrogens with one attached hydrogen (secondary N) is 1. The fourth-order valence-electron chi connectivity index (χ4n) is 1.93. The van der Waals surface area contributed by atoms with Crippen molar-refractivity contribution in [2.45, 2.75) is 5.75 Å². The molecule has 0 saturated carbocycles. The summed E-state index contributed by atoms with van der Waals surface area (Å²) < 4.78 is 28.5. The van der Waals surface area contributed by atoms with Crippen LogP contribution in [0.1, 0.15) is 5.56 Å². The minimum Gasteiger partial charge on any atom is -0.279 e. The molecule has 0 saturated heterocycles. The second-order valence-corrected chi connectivity index (χ2v) is 6.60. The number of halogens is 1. The van der Waals surface area contributed by atoms with Gasteiger partial charge in [0.25, 0.3) is 0 Å². The first-order valence-corrected chi connectivity index (χ1v) is 8.10. The van der Waals surface area contributed by atoms with Gasteiger partial charge in [-0.3, -0.25) is 4.72 Å². The second-order valence-electron chi connectivity index (χ2n) is 4.44. The molecule has 2 heterocycles. The number of hydrogen-bond donors (Lipinski definition) is 1. The van der Waals surface area contributed by atoms with Gasteiger partial charge in [-0.25, -0.2) is 17.9 Å². The molecule has 0 unspecified atom stereocenters. The van der Waals surface area contributed by atoms with E-state index in [4.69, 9.17) is 11.6 Å². The van der Waals surface area contributed by atoms with Gasteiger partial charge < -0.3 is 0 Å². The standard InChI is InChI=1S/C13H11ClN4O2S/c14-11-5-3-10(4-6-11)8-21(19,20)17-12-2-1-7-18-13(12)15-9-16-18/h1-7,9,17H,8H2. The molecule has 1 aromatic carbocycles. The maximum absolute atomic E-state index is 12.2. The number of pyridine rings is 1. The molecule has 0 aliphatic carbocycles. The Morgan fingerprint density at radius 2 is 1.95 bits per heavy atom. The molecule has 0 aliphatic heterocycles. The quantitative estimate of drug-likeness (QED) is 0.799. The average Bonchev–Trinajstić information content (AvgIpc) is 2.90. The molecule has 108 valence electrons. The minimum absolute atomic E-state index is 0.140. The third kappa shape index (κ3) is 3.14. The molecule has 3 rings (SSSR count). The predicted molar refractivity (Wildman–Crippen MR) is 80.7 cm³/mol. The van der Waals surface area contributed by atoms with Crippen molar-refractivity contribution < 1.29 is 8.42 Å². The topological polar surface area (TPSA) is 76.4 Å². The molecule has 3 aromatic rings. The molecule has 6 nitrogen and oxygen atoms in total. The van der Waals surface area contributed by atoms with Crippen LogP contribution in [0.25, 0.3) is 5.65 Å². The summed E-state index contributed by atoms with van der Waals surface area (Å²) in [6, 6.07) is 10.0. The lowest BCUT2D eigenvalue weighted by atomic mass is 10.2. The number of hydrogen-bond acceptors (Lipinski definition) is 4. The summed E-state index contributed by atoms with van der Waals surface area (Å²) in [6.07, 6.45) is 3.06. The van der Waals surface area contributed by atoms with Gasteiger partial charge in [0.05, 0.1) is 11.4 Å². The Bertz CT molecular complexity index is 875. The lowest BCUT2D eigenvalue weighted by molar-refractivity contribution is 0.600. The van der Waals surface area contributed by atoms with Gasteiger partial charge >= 0.3 is 0 Å². The summed E-state index contributed by atoms with van der Waals surface area (Å²) in [5, 5.41) is 4.53. The van der Waals surface area contributed by atoms with Gasteiger partial charge in [0.15, 0.2) is 5.65 Å². The minimum atomic E-state index is -3.54. The number of aromatic nitrogens is 3. The van der Waals surface area contributed by atoms with Crippen LogP contribution in [0, 0.1) is 0 Å². The highest BCUT2D eigenvalue weighted by Gasteiger charge is 2.14. The molecular formula is C13H11ClN4O2S. The van der Waals surface area contributed by atoms with Crippen LogP contribution >= 0.6 is 11.6 Å². The highest BCUT2D eigenvalue weighted by molar-refractivity contribution is 7.91. The largest absolute Gasteiger partial charge is 0.279 e. The first-order valence-electron chi connectivity index (χ1n) is 6.07. The maximum Gasteiger partial charge on any atom is 0.237 e. The molecule has 0 fully saturated rings.